The normalized spacial score (nSPS) is 10.7. The van der Waals surface area contributed by atoms with Gasteiger partial charge < -0.3 is 15.1 Å². The van der Waals surface area contributed by atoms with Crippen molar-refractivity contribution in [3.63, 3.8) is 0 Å². The third-order valence-corrected chi connectivity index (χ3v) is 6.18. The lowest BCUT2D eigenvalue weighted by Gasteiger charge is -2.05. The number of hydrogen-bond donors (Lipinski definition) is 2. The fraction of sp³-hybridized carbons (Fsp3) is 0.100. The molecule has 0 bridgehead atoms. The highest BCUT2D eigenvalue weighted by molar-refractivity contribution is 8.00. The van der Waals surface area contributed by atoms with E-state index >= 15 is 0 Å². The van der Waals surface area contributed by atoms with E-state index in [0.29, 0.717) is 27.5 Å². The van der Waals surface area contributed by atoms with Crippen molar-refractivity contribution < 1.29 is 9.21 Å². The van der Waals surface area contributed by atoms with Gasteiger partial charge in [-0.3, -0.25) is 4.79 Å². The quantitative estimate of drug-likeness (QED) is 0.336. The van der Waals surface area contributed by atoms with E-state index < -0.39 is 0 Å². The second kappa shape index (κ2) is 9.29. The first-order valence-electron chi connectivity index (χ1n) is 8.87. The molecule has 0 fully saturated rings. The van der Waals surface area contributed by atoms with E-state index in [0.717, 1.165) is 21.3 Å². The summed E-state index contributed by atoms with van der Waals surface area (Å²) in [6, 6.07) is 14.8. The van der Waals surface area contributed by atoms with Gasteiger partial charge in [0.25, 0.3) is 0 Å². The Morgan fingerprint density at radius 1 is 1.17 bits per heavy atom. The smallest absolute Gasteiger partial charge is 0.227 e. The Labute approximate surface area is 185 Å². The Bertz CT molecular complexity index is 1180. The molecule has 30 heavy (non-hydrogen) atoms. The van der Waals surface area contributed by atoms with E-state index in [2.05, 4.69) is 25.8 Å². The SMILES string of the molecule is CC(=O)Nc1cccc(Nc2nnc(SCc3coc(-c4ccccc4Cl)n3)s2)c1. The summed E-state index contributed by atoms with van der Waals surface area (Å²) in [5.74, 6) is 0.975. The molecule has 2 aromatic carbocycles. The summed E-state index contributed by atoms with van der Waals surface area (Å²) in [5, 5.41) is 15.6. The number of benzene rings is 2. The van der Waals surface area contributed by atoms with E-state index in [1.54, 1.807) is 12.3 Å². The minimum atomic E-state index is -0.118. The van der Waals surface area contributed by atoms with Gasteiger partial charge in [0.05, 0.1) is 16.3 Å². The molecule has 0 unspecified atom stereocenters. The van der Waals surface area contributed by atoms with E-state index in [9.17, 15) is 4.79 Å². The molecule has 0 aliphatic carbocycles. The van der Waals surface area contributed by atoms with Crippen LogP contribution in [0, 0.1) is 0 Å². The van der Waals surface area contributed by atoms with Crippen molar-refractivity contribution in [1.29, 1.82) is 0 Å². The Morgan fingerprint density at radius 2 is 2.00 bits per heavy atom. The molecular weight excluding hydrogens is 442 g/mol. The Hall–Kier alpha value is -2.88. The van der Waals surface area contributed by atoms with Crippen molar-refractivity contribution in [2.75, 3.05) is 10.6 Å². The number of hydrogen-bond acceptors (Lipinski definition) is 8. The second-order valence-electron chi connectivity index (χ2n) is 6.17. The number of halogens is 1. The Balaban J connectivity index is 1.36. The average Bonchev–Trinajstić information content (AvgIpc) is 3.36. The van der Waals surface area contributed by atoms with Gasteiger partial charge in [0.2, 0.25) is 16.9 Å². The molecular formula is C20H16ClN5O2S2. The highest BCUT2D eigenvalue weighted by Crippen LogP contribution is 2.32. The van der Waals surface area contributed by atoms with E-state index in [4.69, 9.17) is 16.0 Å². The van der Waals surface area contributed by atoms with Gasteiger partial charge >= 0.3 is 0 Å². The summed E-state index contributed by atoms with van der Waals surface area (Å²) in [6.45, 7) is 1.47. The number of carbonyl (C=O) groups is 1. The molecule has 2 heterocycles. The van der Waals surface area contributed by atoms with Crippen LogP contribution in [-0.2, 0) is 10.5 Å². The lowest BCUT2D eigenvalue weighted by atomic mass is 10.2. The lowest BCUT2D eigenvalue weighted by Crippen LogP contribution is -2.05. The maximum Gasteiger partial charge on any atom is 0.227 e. The van der Waals surface area contributed by atoms with Crippen LogP contribution in [0.1, 0.15) is 12.6 Å². The minimum Gasteiger partial charge on any atom is -0.444 e. The summed E-state index contributed by atoms with van der Waals surface area (Å²) in [6.07, 6.45) is 1.62. The van der Waals surface area contributed by atoms with Crippen molar-refractivity contribution in [3.05, 3.63) is 65.5 Å². The van der Waals surface area contributed by atoms with E-state index in [-0.39, 0.29) is 5.91 Å². The summed E-state index contributed by atoms with van der Waals surface area (Å²) in [4.78, 5) is 15.7. The number of carbonyl (C=O) groups excluding carboxylic acids is 1. The largest absolute Gasteiger partial charge is 0.444 e. The monoisotopic (exact) mass is 457 g/mol. The molecule has 152 valence electrons. The highest BCUT2D eigenvalue weighted by atomic mass is 35.5. The molecule has 7 nitrogen and oxygen atoms in total. The van der Waals surface area contributed by atoms with Crippen molar-refractivity contribution in [2.24, 2.45) is 0 Å². The van der Waals surface area contributed by atoms with Crippen LogP contribution < -0.4 is 10.6 Å². The first kappa shape index (κ1) is 20.4. The van der Waals surface area contributed by atoms with Gasteiger partial charge in [-0.25, -0.2) is 4.98 Å². The van der Waals surface area contributed by atoms with Gasteiger partial charge in [-0.05, 0) is 30.3 Å². The minimum absolute atomic E-state index is 0.118. The maximum atomic E-state index is 11.2. The number of thioether (sulfide) groups is 1. The fourth-order valence-electron chi connectivity index (χ4n) is 2.59. The number of oxazole rings is 1. The van der Waals surface area contributed by atoms with Crippen LogP contribution in [0.2, 0.25) is 5.02 Å². The van der Waals surface area contributed by atoms with Gasteiger partial charge in [0.1, 0.15) is 6.26 Å². The van der Waals surface area contributed by atoms with Crippen LogP contribution in [0.15, 0.2) is 63.6 Å². The van der Waals surface area contributed by atoms with Crippen LogP contribution in [0.5, 0.6) is 0 Å². The molecule has 0 atom stereocenters. The number of anilines is 3. The van der Waals surface area contributed by atoms with Crippen LogP contribution in [0.4, 0.5) is 16.5 Å². The summed E-state index contributed by atoms with van der Waals surface area (Å²) in [7, 11) is 0. The fourth-order valence-corrected chi connectivity index (χ4v) is 4.45. The third kappa shape index (κ3) is 5.18. The summed E-state index contributed by atoms with van der Waals surface area (Å²) < 4.78 is 6.36. The highest BCUT2D eigenvalue weighted by Gasteiger charge is 2.12. The van der Waals surface area contributed by atoms with Gasteiger partial charge in [-0.1, -0.05) is 52.9 Å². The number of nitrogens with zero attached hydrogens (tertiary/aromatic N) is 3. The second-order valence-corrected chi connectivity index (χ2v) is 8.78. The third-order valence-electron chi connectivity index (χ3n) is 3.84. The summed E-state index contributed by atoms with van der Waals surface area (Å²) >= 11 is 9.15. The van der Waals surface area contributed by atoms with Crippen molar-refractivity contribution in [2.45, 2.75) is 17.0 Å². The standard InChI is InChI=1S/C20H16ClN5O2S2/c1-12(27)22-13-5-4-6-14(9-13)24-19-25-26-20(30-19)29-11-15-10-28-18(23-15)16-7-2-3-8-17(16)21/h2-10H,11H2,1H3,(H,22,27)(H,24,25). The average molecular weight is 458 g/mol. The van der Waals surface area contributed by atoms with Gasteiger partial charge in [0.15, 0.2) is 4.34 Å². The van der Waals surface area contributed by atoms with Gasteiger partial charge in [-0.2, -0.15) is 0 Å². The predicted octanol–water partition coefficient (Wildman–Crippen LogP) is 5.84. The van der Waals surface area contributed by atoms with Gasteiger partial charge in [0, 0.05) is 24.1 Å². The Morgan fingerprint density at radius 3 is 2.83 bits per heavy atom. The molecule has 0 saturated heterocycles. The molecule has 0 aliphatic rings. The van der Waals surface area contributed by atoms with Crippen LogP contribution in [-0.4, -0.2) is 21.1 Å². The predicted molar refractivity (Wildman–Crippen MR) is 120 cm³/mol. The van der Waals surface area contributed by atoms with Crippen LogP contribution >= 0.6 is 34.7 Å². The Kier molecular flexibility index (Phi) is 6.32. The molecule has 0 saturated carbocycles. The van der Waals surface area contributed by atoms with Crippen molar-refractivity contribution >= 4 is 57.1 Å². The molecule has 4 rings (SSSR count). The molecule has 10 heteroatoms. The number of aromatic nitrogens is 3. The van der Waals surface area contributed by atoms with Crippen LogP contribution in [0.3, 0.4) is 0 Å². The first-order chi connectivity index (χ1) is 14.6. The van der Waals surface area contributed by atoms with Gasteiger partial charge in [-0.15, -0.1) is 10.2 Å². The zero-order valence-electron chi connectivity index (χ0n) is 15.8. The number of nitrogens with one attached hydrogen (secondary N) is 2. The summed E-state index contributed by atoms with van der Waals surface area (Å²) in [5.41, 5.74) is 3.09. The lowest BCUT2D eigenvalue weighted by molar-refractivity contribution is -0.114. The molecule has 2 aromatic heterocycles. The van der Waals surface area contributed by atoms with Crippen molar-refractivity contribution in [1.82, 2.24) is 15.2 Å². The topological polar surface area (TPSA) is 92.9 Å². The number of amides is 1. The zero-order chi connectivity index (χ0) is 20.9. The molecule has 0 radical (unpaired) electrons. The van der Waals surface area contributed by atoms with Crippen LogP contribution in [0.25, 0.3) is 11.5 Å². The molecule has 4 aromatic rings. The van der Waals surface area contributed by atoms with Crippen molar-refractivity contribution in [3.8, 4) is 11.5 Å². The molecule has 0 spiro atoms. The first-order valence-corrected chi connectivity index (χ1v) is 11.0. The maximum absolute atomic E-state index is 11.2. The molecule has 2 N–H and O–H groups in total. The zero-order valence-corrected chi connectivity index (χ0v) is 18.1. The van der Waals surface area contributed by atoms with E-state index in [1.807, 2.05) is 42.5 Å². The molecule has 1 amide bonds. The van der Waals surface area contributed by atoms with E-state index in [1.165, 1.54) is 30.0 Å². The molecule has 0 aliphatic heterocycles. The number of rotatable bonds is 7.